The topological polar surface area (TPSA) is 48.7 Å². The number of fused-ring (bicyclic) bond motifs is 1. The summed E-state index contributed by atoms with van der Waals surface area (Å²) in [5, 5.41) is 12.7. The predicted molar refractivity (Wildman–Crippen MR) is 66.5 cm³/mol. The van der Waals surface area contributed by atoms with Crippen molar-refractivity contribution in [3.8, 4) is 6.07 Å². The maximum absolute atomic E-state index is 8.94. The van der Waals surface area contributed by atoms with E-state index in [2.05, 4.69) is 22.4 Å². The number of pyridine rings is 1. The smallest absolute Gasteiger partial charge is 0.146 e. The SMILES string of the molecule is N#Cc1cc(C2=C[C@@H]3NCC[C@@H]3C2)cnc1Cl. The van der Waals surface area contributed by atoms with Gasteiger partial charge in [-0.3, -0.25) is 0 Å². The van der Waals surface area contributed by atoms with E-state index in [1.807, 2.05) is 6.07 Å². The number of nitrogens with one attached hydrogen (secondary N) is 1. The summed E-state index contributed by atoms with van der Waals surface area (Å²) in [4.78, 5) is 4.07. The molecule has 0 amide bonds. The molecule has 0 bridgehead atoms. The lowest BCUT2D eigenvalue weighted by Crippen LogP contribution is -2.20. The zero-order valence-electron chi connectivity index (χ0n) is 9.28. The van der Waals surface area contributed by atoms with Crippen molar-refractivity contribution < 1.29 is 0 Å². The lowest BCUT2D eigenvalue weighted by Gasteiger charge is -2.06. The van der Waals surface area contributed by atoms with Gasteiger partial charge in [0.15, 0.2) is 0 Å². The lowest BCUT2D eigenvalue weighted by molar-refractivity contribution is 0.553. The molecule has 3 nitrogen and oxygen atoms in total. The molecule has 4 heteroatoms. The highest BCUT2D eigenvalue weighted by molar-refractivity contribution is 6.30. The van der Waals surface area contributed by atoms with Gasteiger partial charge in [-0.05, 0) is 42.5 Å². The summed E-state index contributed by atoms with van der Waals surface area (Å²) >= 11 is 5.83. The predicted octanol–water partition coefficient (Wildman–Crippen LogP) is 2.37. The Bertz CT molecular complexity index is 530. The van der Waals surface area contributed by atoms with E-state index >= 15 is 0 Å². The first kappa shape index (κ1) is 10.8. The van der Waals surface area contributed by atoms with Crippen LogP contribution in [0, 0.1) is 17.2 Å². The van der Waals surface area contributed by atoms with Crippen LogP contribution >= 0.6 is 11.6 Å². The van der Waals surface area contributed by atoms with Crippen LogP contribution in [0.25, 0.3) is 5.57 Å². The largest absolute Gasteiger partial charge is 0.310 e. The summed E-state index contributed by atoms with van der Waals surface area (Å²) in [5.74, 6) is 0.714. The Labute approximate surface area is 105 Å². The number of aromatic nitrogens is 1. The Morgan fingerprint density at radius 3 is 3.18 bits per heavy atom. The number of rotatable bonds is 1. The third kappa shape index (κ3) is 1.84. The average molecular weight is 246 g/mol. The molecule has 1 aromatic heterocycles. The molecule has 0 spiro atoms. The van der Waals surface area contributed by atoms with Crippen LogP contribution in [-0.4, -0.2) is 17.6 Å². The molecule has 86 valence electrons. The van der Waals surface area contributed by atoms with Crippen molar-refractivity contribution in [2.45, 2.75) is 18.9 Å². The number of halogens is 1. The zero-order chi connectivity index (χ0) is 11.8. The highest BCUT2D eigenvalue weighted by Crippen LogP contribution is 2.37. The molecular formula is C13H12ClN3. The van der Waals surface area contributed by atoms with E-state index in [0.29, 0.717) is 17.5 Å². The van der Waals surface area contributed by atoms with E-state index in [1.54, 1.807) is 6.20 Å². The second-order valence-electron chi connectivity index (χ2n) is 4.60. The summed E-state index contributed by atoms with van der Waals surface area (Å²) < 4.78 is 0. The molecule has 0 radical (unpaired) electrons. The van der Waals surface area contributed by atoms with E-state index in [9.17, 15) is 0 Å². The Kier molecular flexibility index (Phi) is 2.62. The summed E-state index contributed by atoms with van der Waals surface area (Å²) in [6.07, 6.45) is 6.34. The normalized spacial score (nSPS) is 26.5. The van der Waals surface area contributed by atoms with Crippen molar-refractivity contribution in [2.24, 2.45) is 5.92 Å². The van der Waals surface area contributed by atoms with Crippen LogP contribution in [0.2, 0.25) is 5.15 Å². The first-order valence-electron chi connectivity index (χ1n) is 5.78. The standard InChI is InChI=1S/C13H12ClN3/c14-13-10(6-15)4-11(7-17-13)9-3-8-1-2-16-12(8)5-9/h4-5,7-8,12,16H,1-3H2/t8-,12+/m1/s1. The summed E-state index contributed by atoms with van der Waals surface area (Å²) in [7, 11) is 0. The van der Waals surface area contributed by atoms with Gasteiger partial charge in [-0.1, -0.05) is 17.7 Å². The molecule has 2 atom stereocenters. The van der Waals surface area contributed by atoms with E-state index in [4.69, 9.17) is 16.9 Å². The maximum Gasteiger partial charge on any atom is 0.146 e. The van der Waals surface area contributed by atoms with Crippen LogP contribution in [0.5, 0.6) is 0 Å². The lowest BCUT2D eigenvalue weighted by atomic mass is 9.99. The van der Waals surface area contributed by atoms with Crippen LogP contribution in [0.3, 0.4) is 0 Å². The highest BCUT2D eigenvalue weighted by atomic mass is 35.5. The third-order valence-corrected chi connectivity index (χ3v) is 3.90. The molecule has 0 aromatic carbocycles. The van der Waals surface area contributed by atoms with E-state index in [1.165, 1.54) is 12.0 Å². The molecule has 2 heterocycles. The molecule has 17 heavy (non-hydrogen) atoms. The molecule has 0 saturated carbocycles. The van der Waals surface area contributed by atoms with Gasteiger partial charge in [0, 0.05) is 12.2 Å². The van der Waals surface area contributed by atoms with Crippen molar-refractivity contribution in [3.63, 3.8) is 0 Å². The Morgan fingerprint density at radius 2 is 2.41 bits per heavy atom. The molecular weight excluding hydrogens is 234 g/mol. The van der Waals surface area contributed by atoms with Crippen LogP contribution in [0.15, 0.2) is 18.3 Å². The van der Waals surface area contributed by atoms with Crippen LogP contribution < -0.4 is 5.32 Å². The molecule has 1 saturated heterocycles. The average Bonchev–Trinajstić information content (AvgIpc) is 2.90. The number of allylic oxidation sites excluding steroid dienone is 1. The second kappa shape index (κ2) is 4.14. The maximum atomic E-state index is 8.94. The summed E-state index contributed by atoms with van der Waals surface area (Å²) in [6.45, 7) is 1.11. The Morgan fingerprint density at radius 1 is 1.53 bits per heavy atom. The third-order valence-electron chi connectivity index (χ3n) is 3.60. The molecule has 1 aliphatic carbocycles. The molecule has 1 aliphatic heterocycles. The first-order valence-corrected chi connectivity index (χ1v) is 6.16. The first-order chi connectivity index (χ1) is 8.28. The summed E-state index contributed by atoms with van der Waals surface area (Å²) in [6, 6.07) is 4.41. The van der Waals surface area contributed by atoms with Gasteiger partial charge in [-0.15, -0.1) is 0 Å². The van der Waals surface area contributed by atoms with Crippen LogP contribution in [0.1, 0.15) is 24.0 Å². The van der Waals surface area contributed by atoms with Gasteiger partial charge in [0.25, 0.3) is 0 Å². The fraction of sp³-hybridized carbons (Fsp3) is 0.385. The van der Waals surface area contributed by atoms with Crippen LogP contribution in [-0.2, 0) is 0 Å². The van der Waals surface area contributed by atoms with Gasteiger partial charge in [-0.2, -0.15) is 5.26 Å². The fourth-order valence-corrected chi connectivity index (χ4v) is 2.83. The minimum absolute atomic E-state index is 0.285. The zero-order valence-corrected chi connectivity index (χ0v) is 10.0. The molecule has 0 unspecified atom stereocenters. The quantitative estimate of drug-likeness (QED) is 0.773. The molecule has 1 fully saturated rings. The molecule has 3 rings (SSSR count). The van der Waals surface area contributed by atoms with Crippen molar-refractivity contribution in [1.29, 1.82) is 5.26 Å². The number of hydrogen-bond donors (Lipinski definition) is 1. The fourth-order valence-electron chi connectivity index (χ4n) is 2.69. The Hall–Kier alpha value is -1.37. The van der Waals surface area contributed by atoms with Gasteiger partial charge in [0.2, 0.25) is 0 Å². The van der Waals surface area contributed by atoms with Crippen molar-refractivity contribution in [3.05, 3.63) is 34.6 Å². The summed E-state index contributed by atoms with van der Waals surface area (Å²) in [5.41, 5.74) is 2.77. The molecule has 1 aromatic rings. The number of nitriles is 1. The van der Waals surface area contributed by atoms with Crippen molar-refractivity contribution in [1.82, 2.24) is 10.3 Å². The van der Waals surface area contributed by atoms with Gasteiger partial charge in [-0.25, -0.2) is 4.98 Å². The van der Waals surface area contributed by atoms with Gasteiger partial charge >= 0.3 is 0 Å². The monoisotopic (exact) mass is 245 g/mol. The van der Waals surface area contributed by atoms with E-state index in [-0.39, 0.29) is 5.15 Å². The second-order valence-corrected chi connectivity index (χ2v) is 4.96. The highest BCUT2D eigenvalue weighted by Gasteiger charge is 2.31. The minimum Gasteiger partial charge on any atom is -0.310 e. The molecule has 1 N–H and O–H groups in total. The Balaban J connectivity index is 1.93. The van der Waals surface area contributed by atoms with Gasteiger partial charge in [0.05, 0.1) is 5.56 Å². The minimum atomic E-state index is 0.285. The van der Waals surface area contributed by atoms with Crippen molar-refractivity contribution in [2.75, 3.05) is 6.54 Å². The molecule has 2 aliphatic rings. The van der Waals surface area contributed by atoms with E-state index < -0.39 is 0 Å². The number of nitrogens with zero attached hydrogens (tertiary/aromatic N) is 2. The number of hydrogen-bond acceptors (Lipinski definition) is 3. The van der Waals surface area contributed by atoms with Gasteiger partial charge in [0.1, 0.15) is 11.2 Å². The van der Waals surface area contributed by atoms with E-state index in [0.717, 1.165) is 18.5 Å². The van der Waals surface area contributed by atoms with Crippen molar-refractivity contribution >= 4 is 17.2 Å². The van der Waals surface area contributed by atoms with Crippen LogP contribution in [0.4, 0.5) is 0 Å². The van der Waals surface area contributed by atoms with Gasteiger partial charge < -0.3 is 5.32 Å².